The molecule has 0 saturated carbocycles. The number of piperidine rings is 1. The number of hydrogen-bond donors (Lipinski definition) is 1. The van der Waals surface area contributed by atoms with Gasteiger partial charge in [0.25, 0.3) is 0 Å². The Labute approximate surface area is 96.8 Å². The maximum atomic E-state index is 4.26. The lowest BCUT2D eigenvalue weighted by atomic mass is 10.1. The highest BCUT2D eigenvalue weighted by Gasteiger charge is 2.16. The van der Waals surface area contributed by atoms with Crippen molar-refractivity contribution >= 4 is 0 Å². The molecule has 1 aromatic heterocycles. The molecule has 2 rings (SSSR count). The highest BCUT2D eigenvalue weighted by atomic mass is 15.3. The van der Waals surface area contributed by atoms with Crippen LogP contribution in [0.2, 0.25) is 0 Å². The Balaban J connectivity index is 1.67. The molecule has 5 heteroatoms. The molecule has 2 heterocycles. The number of hydrogen-bond acceptors (Lipinski definition) is 4. The fourth-order valence-corrected chi connectivity index (χ4v) is 2.22. The van der Waals surface area contributed by atoms with Gasteiger partial charge >= 0.3 is 0 Å². The summed E-state index contributed by atoms with van der Waals surface area (Å²) in [4.78, 5) is 6.60. The van der Waals surface area contributed by atoms with Crippen LogP contribution in [0.1, 0.15) is 18.7 Å². The van der Waals surface area contributed by atoms with E-state index in [-0.39, 0.29) is 0 Å². The first kappa shape index (κ1) is 11.5. The maximum Gasteiger partial charge on any atom is 0.151 e. The van der Waals surface area contributed by atoms with Gasteiger partial charge in [0, 0.05) is 32.6 Å². The van der Waals surface area contributed by atoms with Crippen LogP contribution < -0.4 is 5.32 Å². The van der Waals surface area contributed by atoms with E-state index in [1.54, 1.807) is 11.0 Å². The molecule has 1 N–H and O–H groups in total. The summed E-state index contributed by atoms with van der Waals surface area (Å²) >= 11 is 0. The quantitative estimate of drug-likeness (QED) is 0.783. The molecule has 1 fully saturated rings. The molecule has 0 aliphatic carbocycles. The minimum atomic E-state index is 0.641. The van der Waals surface area contributed by atoms with Gasteiger partial charge in [-0.3, -0.25) is 4.68 Å². The first-order chi connectivity index (χ1) is 7.74. The summed E-state index contributed by atoms with van der Waals surface area (Å²) in [5, 5.41) is 7.84. The van der Waals surface area contributed by atoms with Gasteiger partial charge in [0.15, 0.2) is 5.82 Å². The van der Waals surface area contributed by atoms with Crippen LogP contribution in [0, 0.1) is 0 Å². The second-order valence-electron chi connectivity index (χ2n) is 4.64. The van der Waals surface area contributed by atoms with E-state index in [2.05, 4.69) is 27.3 Å². The zero-order valence-electron chi connectivity index (χ0n) is 10.2. The summed E-state index contributed by atoms with van der Waals surface area (Å²) in [5.74, 6) is 0.930. The van der Waals surface area contributed by atoms with Crippen LogP contribution in [0.15, 0.2) is 6.33 Å². The lowest BCUT2D eigenvalue weighted by molar-refractivity contribution is 0.228. The molecule has 90 valence electrons. The minimum absolute atomic E-state index is 0.641. The van der Waals surface area contributed by atoms with Crippen molar-refractivity contribution in [2.45, 2.75) is 25.3 Å². The second kappa shape index (κ2) is 5.41. The molecule has 0 aromatic carbocycles. The Bertz CT molecular complexity index is 322. The summed E-state index contributed by atoms with van der Waals surface area (Å²) < 4.78 is 1.75. The fourth-order valence-electron chi connectivity index (χ4n) is 2.22. The van der Waals surface area contributed by atoms with Crippen molar-refractivity contribution in [3.63, 3.8) is 0 Å². The van der Waals surface area contributed by atoms with Crippen LogP contribution in [-0.2, 0) is 13.5 Å². The molecule has 1 aliphatic rings. The van der Waals surface area contributed by atoms with Crippen LogP contribution in [0.25, 0.3) is 0 Å². The molecule has 1 atom stereocenters. The average Bonchev–Trinajstić information content (AvgIpc) is 2.64. The molecular formula is C11H21N5. The fraction of sp³-hybridized carbons (Fsp3) is 0.818. The number of nitrogens with one attached hydrogen (secondary N) is 1. The van der Waals surface area contributed by atoms with Gasteiger partial charge in [-0.15, -0.1) is 0 Å². The summed E-state index contributed by atoms with van der Waals surface area (Å²) in [6, 6.07) is 0.641. The highest BCUT2D eigenvalue weighted by molar-refractivity contribution is 4.84. The first-order valence-corrected chi connectivity index (χ1v) is 6.00. The van der Waals surface area contributed by atoms with Crippen molar-refractivity contribution < 1.29 is 0 Å². The number of aromatic nitrogens is 3. The number of likely N-dealkylation sites (N-methyl/N-ethyl adjacent to an activating group) is 1. The molecule has 1 unspecified atom stereocenters. The number of likely N-dealkylation sites (tertiary alicyclic amines) is 1. The van der Waals surface area contributed by atoms with Gasteiger partial charge in [0.1, 0.15) is 6.33 Å². The summed E-state index contributed by atoms with van der Waals surface area (Å²) in [6.45, 7) is 3.37. The van der Waals surface area contributed by atoms with E-state index in [0.29, 0.717) is 6.04 Å². The average molecular weight is 223 g/mol. The maximum absolute atomic E-state index is 4.26. The monoisotopic (exact) mass is 223 g/mol. The van der Waals surface area contributed by atoms with Gasteiger partial charge < -0.3 is 10.2 Å². The largest absolute Gasteiger partial charge is 0.312 e. The van der Waals surface area contributed by atoms with E-state index >= 15 is 0 Å². The number of rotatable bonds is 4. The zero-order valence-corrected chi connectivity index (χ0v) is 10.2. The van der Waals surface area contributed by atoms with Gasteiger partial charge in [-0.25, -0.2) is 4.98 Å². The van der Waals surface area contributed by atoms with E-state index in [1.807, 2.05) is 7.05 Å². The topological polar surface area (TPSA) is 46.0 Å². The third-order valence-corrected chi connectivity index (χ3v) is 3.05. The predicted octanol–water partition coefficient (Wildman–Crippen LogP) is 0.0414. The Kier molecular flexibility index (Phi) is 3.90. The molecule has 0 spiro atoms. The van der Waals surface area contributed by atoms with Crippen LogP contribution in [-0.4, -0.2) is 52.4 Å². The van der Waals surface area contributed by atoms with Gasteiger partial charge in [-0.05, 0) is 26.4 Å². The van der Waals surface area contributed by atoms with E-state index in [4.69, 9.17) is 0 Å². The standard InChI is InChI=1S/C11H21N5/c1-15-7-3-4-10(8-15)12-6-5-11-13-9-16(2)14-11/h9-10,12H,3-8H2,1-2H3. The molecule has 16 heavy (non-hydrogen) atoms. The van der Waals surface area contributed by atoms with Crippen molar-refractivity contribution in [2.24, 2.45) is 7.05 Å². The van der Waals surface area contributed by atoms with Crippen LogP contribution in [0.3, 0.4) is 0 Å². The molecule has 0 bridgehead atoms. The third-order valence-electron chi connectivity index (χ3n) is 3.05. The number of aryl methyl sites for hydroxylation is 1. The van der Waals surface area contributed by atoms with Gasteiger partial charge in [-0.1, -0.05) is 0 Å². The van der Waals surface area contributed by atoms with E-state index in [9.17, 15) is 0 Å². The van der Waals surface area contributed by atoms with Crippen LogP contribution in [0.4, 0.5) is 0 Å². The van der Waals surface area contributed by atoms with Crippen molar-refractivity contribution in [1.82, 2.24) is 25.0 Å². The van der Waals surface area contributed by atoms with E-state index in [0.717, 1.165) is 25.3 Å². The molecule has 5 nitrogen and oxygen atoms in total. The van der Waals surface area contributed by atoms with Crippen LogP contribution >= 0.6 is 0 Å². The molecular weight excluding hydrogens is 202 g/mol. The SMILES string of the molecule is CN1CCCC(NCCc2ncn(C)n2)C1. The molecule has 1 saturated heterocycles. The Morgan fingerprint density at radius 1 is 1.50 bits per heavy atom. The predicted molar refractivity (Wildman–Crippen MR) is 63.2 cm³/mol. The van der Waals surface area contributed by atoms with Gasteiger partial charge in [-0.2, -0.15) is 5.10 Å². The number of nitrogens with zero attached hydrogens (tertiary/aromatic N) is 4. The smallest absolute Gasteiger partial charge is 0.151 e. The van der Waals surface area contributed by atoms with Crippen molar-refractivity contribution in [2.75, 3.05) is 26.7 Å². The van der Waals surface area contributed by atoms with Crippen LogP contribution in [0.5, 0.6) is 0 Å². The molecule has 0 radical (unpaired) electrons. The minimum Gasteiger partial charge on any atom is -0.312 e. The lowest BCUT2D eigenvalue weighted by Gasteiger charge is -2.30. The summed E-state index contributed by atoms with van der Waals surface area (Å²) in [5.41, 5.74) is 0. The van der Waals surface area contributed by atoms with Crippen molar-refractivity contribution in [3.05, 3.63) is 12.2 Å². The first-order valence-electron chi connectivity index (χ1n) is 6.00. The molecule has 1 aliphatic heterocycles. The normalized spacial score (nSPS) is 22.5. The zero-order chi connectivity index (χ0) is 11.4. The van der Waals surface area contributed by atoms with Crippen molar-refractivity contribution in [1.29, 1.82) is 0 Å². The highest BCUT2D eigenvalue weighted by Crippen LogP contribution is 2.07. The molecule has 1 aromatic rings. The lowest BCUT2D eigenvalue weighted by Crippen LogP contribution is -2.44. The Morgan fingerprint density at radius 2 is 2.38 bits per heavy atom. The van der Waals surface area contributed by atoms with E-state index < -0.39 is 0 Å². The summed E-state index contributed by atoms with van der Waals surface area (Å²) in [6.07, 6.45) is 5.26. The van der Waals surface area contributed by atoms with E-state index in [1.165, 1.54) is 19.4 Å². The Hall–Kier alpha value is -0.940. The summed E-state index contributed by atoms with van der Waals surface area (Å²) in [7, 11) is 4.09. The second-order valence-corrected chi connectivity index (χ2v) is 4.64. The molecule has 0 amide bonds. The third kappa shape index (κ3) is 3.28. The Morgan fingerprint density at radius 3 is 3.06 bits per heavy atom. The van der Waals surface area contributed by atoms with Crippen molar-refractivity contribution in [3.8, 4) is 0 Å². The van der Waals surface area contributed by atoms with Gasteiger partial charge in [0.05, 0.1) is 0 Å². The van der Waals surface area contributed by atoms with Gasteiger partial charge in [0.2, 0.25) is 0 Å².